The van der Waals surface area contributed by atoms with E-state index in [1.807, 2.05) is 36.4 Å². The van der Waals surface area contributed by atoms with Crippen LogP contribution in [0.5, 0.6) is 0 Å². The van der Waals surface area contributed by atoms with Gasteiger partial charge in [0.25, 0.3) is 5.56 Å². The molecule has 0 aliphatic carbocycles. The van der Waals surface area contributed by atoms with Crippen molar-refractivity contribution in [2.75, 3.05) is 6.54 Å². The summed E-state index contributed by atoms with van der Waals surface area (Å²) >= 11 is 6.14. The van der Waals surface area contributed by atoms with Crippen LogP contribution < -0.4 is 10.9 Å². The highest BCUT2D eigenvalue weighted by Crippen LogP contribution is 2.30. The molecule has 4 nitrogen and oxygen atoms in total. The maximum Gasteiger partial charge on any atom is 0.258 e. The summed E-state index contributed by atoms with van der Waals surface area (Å²) in [5.41, 5.74) is 2.71. The van der Waals surface area contributed by atoms with Crippen LogP contribution in [0.4, 0.5) is 0 Å². The summed E-state index contributed by atoms with van der Waals surface area (Å²) in [4.78, 5) is 25.2. The van der Waals surface area contributed by atoms with Crippen molar-refractivity contribution in [2.24, 2.45) is 7.05 Å². The van der Waals surface area contributed by atoms with Crippen LogP contribution in [0.1, 0.15) is 31.7 Å². The van der Waals surface area contributed by atoms with Gasteiger partial charge in [-0.15, -0.1) is 0 Å². The number of hydrogen-bond acceptors (Lipinski definition) is 2. The normalized spacial score (nSPS) is 11.0. The number of pyridine rings is 1. The molecule has 0 spiro atoms. The molecule has 2 aromatic carbocycles. The Morgan fingerprint density at radius 3 is 2.57 bits per heavy atom. The lowest BCUT2D eigenvalue weighted by Gasteiger charge is -2.18. The second-order valence-electron chi connectivity index (χ2n) is 6.95. The summed E-state index contributed by atoms with van der Waals surface area (Å²) in [5, 5.41) is 4.93. The average molecular weight is 397 g/mol. The average Bonchev–Trinajstić information content (AvgIpc) is 2.70. The first kappa shape index (κ1) is 20.2. The monoisotopic (exact) mass is 396 g/mol. The number of hydrogen-bond donors (Lipinski definition) is 1. The van der Waals surface area contributed by atoms with Crippen LogP contribution in [0.15, 0.2) is 53.3 Å². The van der Waals surface area contributed by atoms with Crippen LogP contribution in [0.3, 0.4) is 0 Å². The fourth-order valence-corrected chi connectivity index (χ4v) is 3.69. The van der Waals surface area contributed by atoms with Gasteiger partial charge >= 0.3 is 0 Å². The van der Waals surface area contributed by atoms with Gasteiger partial charge in [0.2, 0.25) is 5.91 Å². The third-order valence-corrected chi connectivity index (χ3v) is 5.20. The molecule has 0 bridgehead atoms. The van der Waals surface area contributed by atoms with E-state index < -0.39 is 0 Å². The molecule has 1 aromatic heterocycles. The highest BCUT2D eigenvalue weighted by Gasteiger charge is 2.17. The molecule has 28 heavy (non-hydrogen) atoms. The molecular weight excluding hydrogens is 372 g/mol. The van der Waals surface area contributed by atoms with Gasteiger partial charge in [0.15, 0.2) is 0 Å². The predicted octanol–water partition coefficient (Wildman–Crippen LogP) is 4.71. The van der Waals surface area contributed by atoms with E-state index in [0.29, 0.717) is 29.8 Å². The fraction of sp³-hybridized carbons (Fsp3) is 0.304. The van der Waals surface area contributed by atoms with Crippen molar-refractivity contribution in [3.8, 4) is 11.3 Å². The molecule has 0 radical (unpaired) electrons. The smallest absolute Gasteiger partial charge is 0.258 e. The van der Waals surface area contributed by atoms with Crippen molar-refractivity contribution < 1.29 is 4.79 Å². The van der Waals surface area contributed by atoms with Gasteiger partial charge in [0.05, 0.1) is 5.69 Å². The number of aromatic nitrogens is 1. The number of fused-ring (bicyclic) bond motifs is 1. The van der Waals surface area contributed by atoms with Gasteiger partial charge in [-0.2, -0.15) is 0 Å². The Bertz CT molecular complexity index is 1040. The van der Waals surface area contributed by atoms with Crippen molar-refractivity contribution in [1.82, 2.24) is 9.88 Å². The zero-order valence-corrected chi connectivity index (χ0v) is 17.1. The number of aryl methyl sites for hydroxylation is 1. The third-order valence-electron chi connectivity index (χ3n) is 4.96. The van der Waals surface area contributed by atoms with E-state index in [2.05, 4.69) is 12.2 Å². The van der Waals surface area contributed by atoms with Crippen molar-refractivity contribution in [1.29, 1.82) is 0 Å². The number of amides is 1. The summed E-state index contributed by atoms with van der Waals surface area (Å²) < 4.78 is 1.66. The number of nitrogens with one attached hydrogen (secondary N) is 1. The quantitative estimate of drug-likeness (QED) is 0.588. The molecule has 3 rings (SSSR count). The Morgan fingerprint density at radius 1 is 1.11 bits per heavy atom. The summed E-state index contributed by atoms with van der Waals surface area (Å²) in [5.74, 6) is 0.0310. The molecule has 0 aliphatic heterocycles. The maximum absolute atomic E-state index is 13.0. The molecule has 3 aromatic rings. The van der Waals surface area contributed by atoms with Gasteiger partial charge in [-0.3, -0.25) is 9.59 Å². The van der Waals surface area contributed by atoms with Crippen molar-refractivity contribution in [3.05, 3.63) is 69.5 Å². The van der Waals surface area contributed by atoms with E-state index in [4.69, 9.17) is 11.6 Å². The Balaban J connectivity index is 2.08. The zero-order valence-electron chi connectivity index (χ0n) is 16.3. The van der Waals surface area contributed by atoms with E-state index >= 15 is 0 Å². The van der Waals surface area contributed by atoms with E-state index in [0.717, 1.165) is 35.0 Å². The summed E-state index contributed by atoms with van der Waals surface area (Å²) in [7, 11) is 1.77. The van der Waals surface area contributed by atoms with Crippen LogP contribution in [0, 0.1) is 0 Å². The number of halogens is 1. The SMILES string of the molecule is CCCCNC(=O)CCc1c(-c2ccccc2)n(C)c(=O)c2cc(Cl)ccc12. The molecular formula is C23H25ClN2O2. The Morgan fingerprint density at radius 2 is 1.86 bits per heavy atom. The van der Waals surface area contributed by atoms with Gasteiger partial charge in [-0.25, -0.2) is 0 Å². The highest BCUT2D eigenvalue weighted by atomic mass is 35.5. The largest absolute Gasteiger partial charge is 0.356 e. The first-order chi connectivity index (χ1) is 13.5. The van der Waals surface area contributed by atoms with Gasteiger partial charge in [0, 0.05) is 30.4 Å². The lowest BCUT2D eigenvalue weighted by Crippen LogP contribution is -2.25. The topological polar surface area (TPSA) is 51.1 Å². The number of unbranched alkanes of at least 4 members (excludes halogenated alkanes) is 1. The predicted molar refractivity (Wildman–Crippen MR) is 116 cm³/mol. The van der Waals surface area contributed by atoms with E-state index in [9.17, 15) is 9.59 Å². The second-order valence-corrected chi connectivity index (χ2v) is 7.39. The van der Waals surface area contributed by atoms with E-state index in [1.165, 1.54) is 0 Å². The number of carbonyl (C=O) groups excluding carboxylic acids is 1. The third kappa shape index (κ3) is 4.28. The van der Waals surface area contributed by atoms with Gasteiger partial charge in [0.1, 0.15) is 0 Å². The van der Waals surface area contributed by atoms with Crippen molar-refractivity contribution in [3.63, 3.8) is 0 Å². The molecule has 1 amide bonds. The zero-order chi connectivity index (χ0) is 20.1. The maximum atomic E-state index is 13.0. The number of rotatable bonds is 7. The first-order valence-electron chi connectivity index (χ1n) is 9.66. The Hall–Kier alpha value is -2.59. The van der Waals surface area contributed by atoms with E-state index in [-0.39, 0.29) is 11.5 Å². The van der Waals surface area contributed by atoms with Crippen molar-refractivity contribution >= 4 is 28.3 Å². The first-order valence-corrected chi connectivity index (χ1v) is 10.0. The lowest BCUT2D eigenvalue weighted by atomic mass is 9.95. The molecule has 0 aliphatic rings. The lowest BCUT2D eigenvalue weighted by molar-refractivity contribution is -0.121. The van der Waals surface area contributed by atoms with Crippen LogP contribution >= 0.6 is 11.6 Å². The fourth-order valence-electron chi connectivity index (χ4n) is 3.52. The number of benzene rings is 2. The minimum Gasteiger partial charge on any atom is -0.356 e. The van der Waals surface area contributed by atoms with Crippen LogP contribution in [0.25, 0.3) is 22.0 Å². The summed E-state index contributed by atoms with van der Waals surface area (Å²) in [6.07, 6.45) is 2.95. The van der Waals surface area contributed by atoms with Crippen LogP contribution in [-0.4, -0.2) is 17.0 Å². The second kappa shape index (κ2) is 9.07. The molecule has 0 unspecified atom stereocenters. The summed E-state index contributed by atoms with van der Waals surface area (Å²) in [6.45, 7) is 2.80. The van der Waals surface area contributed by atoms with Crippen LogP contribution in [0.2, 0.25) is 5.02 Å². The Labute approximate surface area is 170 Å². The molecule has 1 heterocycles. The molecule has 0 saturated carbocycles. The molecule has 1 N–H and O–H groups in total. The standard InChI is InChI=1S/C23H25ClN2O2/c1-3-4-14-25-21(27)13-12-19-18-11-10-17(24)15-20(18)23(28)26(2)22(19)16-8-6-5-7-9-16/h5-11,15H,3-4,12-14H2,1-2H3,(H,25,27). The number of carbonyl (C=O) groups is 1. The van der Waals surface area contributed by atoms with E-state index in [1.54, 1.807) is 23.7 Å². The molecule has 0 fully saturated rings. The molecule has 0 atom stereocenters. The summed E-state index contributed by atoms with van der Waals surface area (Å²) in [6, 6.07) is 15.2. The van der Waals surface area contributed by atoms with Crippen molar-refractivity contribution in [2.45, 2.75) is 32.6 Å². The minimum absolute atomic E-state index is 0.0310. The number of nitrogens with zero attached hydrogens (tertiary/aromatic N) is 1. The van der Waals surface area contributed by atoms with Gasteiger partial charge in [-0.05, 0) is 41.5 Å². The van der Waals surface area contributed by atoms with Gasteiger partial charge < -0.3 is 9.88 Å². The molecule has 146 valence electrons. The Kier molecular flexibility index (Phi) is 6.53. The van der Waals surface area contributed by atoms with Gasteiger partial charge in [-0.1, -0.05) is 61.3 Å². The molecule has 5 heteroatoms. The highest BCUT2D eigenvalue weighted by molar-refractivity contribution is 6.31. The van der Waals surface area contributed by atoms with Crippen LogP contribution in [-0.2, 0) is 18.3 Å². The molecule has 0 saturated heterocycles. The minimum atomic E-state index is -0.0903.